The third-order valence-electron chi connectivity index (χ3n) is 4.05. The number of hydrogen-bond acceptors (Lipinski definition) is 12. The van der Waals surface area contributed by atoms with Gasteiger partial charge in [-0.2, -0.15) is 0 Å². The number of amides is 1. The first-order valence-corrected chi connectivity index (χ1v) is 10.4. The fraction of sp³-hybridized carbons (Fsp3) is 0.500. The summed E-state index contributed by atoms with van der Waals surface area (Å²) in [5.74, 6) is -5.32. The van der Waals surface area contributed by atoms with Crippen LogP contribution in [0, 0.1) is 6.92 Å². The predicted molar refractivity (Wildman–Crippen MR) is 116 cm³/mol. The molecule has 0 aromatic carbocycles. The summed E-state index contributed by atoms with van der Waals surface area (Å²) >= 11 is 0. The lowest BCUT2D eigenvalue weighted by Gasteiger charge is -2.34. The normalized spacial score (nSPS) is 13.8. The van der Waals surface area contributed by atoms with Crippen LogP contribution >= 0.6 is 0 Å². The molecular formula is C22H28N2O11. The molecule has 0 saturated carbocycles. The fourth-order valence-electron chi connectivity index (χ4n) is 2.91. The summed E-state index contributed by atoms with van der Waals surface area (Å²) in [6.07, 6.45) is -6.96. The van der Waals surface area contributed by atoms with Crippen molar-refractivity contribution in [3.05, 3.63) is 23.9 Å². The lowest BCUT2D eigenvalue weighted by Crippen LogP contribution is -2.56. The van der Waals surface area contributed by atoms with Crippen molar-refractivity contribution in [2.45, 2.75) is 66.0 Å². The Morgan fingerprint density at radius 2 is 1.31 bits per heavy atom. The maximum Gasteiger partial charge on any atom is 0.303 e. The van der Waals surface area contributed by atoms with Crippen molar-refractivity contribution in [1.82, 2.24) is 4.98 Å². The third-order valence-corrected chi connectivity index (χ3v) is 4.05. The third kappa shape index (κ3) is 10.6. The average Bonchev–Trinajstić information content (AvgIpc) is 2.71. The van der Waals surface area contributed by atoms with Gasteiger partial charge in [-0.3, -0.25) is 28.8 Å². The minimum absolute atomic E-state index is 0.0919. The van der Waals surface area contributed by atoms with Crippen molar-refractivity contribution in [2.75, 3.05) is 11.9 Å². The quantitative estimate of drug-likeness (QED) is 0.335. The average molecular weight is 496 g/mol. The van der Waals surface area contributed by atoms with Crippen LogP contribution in [0.4, 0.5) is 5.82 Å². The van der Waals surface area contributed by atoms with Crippen LogP contribution in [0.3, 0.4) is 0 Å². The minimum Gasteiger partial charge on any atom is -0.462 e. The fourth-order valence-corrected chi connectivity index (χ4v) is 2.91. The van der Waals surface area contributed by atoms with Crippen LogP contribution in [-0.4, -0.2) is 71.8 Å². The molecule has 35 heavy (non-hydrogen) atoms. The van der Waals surface area contributed by atoms with E-state index < -0.39 is 66.8 Å². The van der Waals surface area contributed by atoms with E-state index in [1.54, 1.807) is 19.1 Å². The number of aryl methyl sites for hydroxylation is 1. The minimum atomic E-state index is -1.89. The highest BCUT2D eigenvalue weighted by Crippen LogP contribution is 2.21. The van der Waals surface area contributed by atoms with Crippen molar-refractivity contribution >= 4 is 41.6 Å². The molecule has 1 aromatic heterocycles. The number of carbonyl (C=O) groups excluding carboxylic acids is 6. The summed E-state index contributed by atoms with van der Waals surface area (Å²) in [6.45, 7) is 6.17. The first-order chi connectivity index (χ1) is 16.3. The molecule has 0 spiro atoms. The number of pyridine rings is 1. The Bertz CT molecular complexity index is 962. The van der Waals surface area contributed by atoms with E-state index >= 15 is 0 Å². The van der Waals surface area contributed by atoms with E-state index in [9.17, 15) is 28.8 Å². The zero-order valence-corrected chi connectivity index (χ0v) is 20.2. The number of rotatable bonds is 11. The van der Waals surface area contributed by atoms with E-state index in [-0.39, 0.29) is 5.82 Å². The van der Waals surface area contributed by atoms with Crippen molar-refractivity contribution in [2.24, 2.45) is 0 Å². The molecule has 0 fully saturated rings. The van der Waals surface area contributed by atoms with Gasteiger partial charge in [-0.15, -0.1) is 0 Å². The number of esters is 5. The van der Waals surface area contributed by atoms with Gasteiger partial charge in [0.1, 0.15) is 12.4 Å². The maximum atomic E-state index is 13.1. The number of carbonyl (C=O) groups is 6. The summed E-state index contributed by atoms with van der Waals surface area (Å²) < 4.78 is 25.6. The van der Waals surface area contributed by atoms with Crippen molar-refractivity contribution in [3.8, 4) is 0 Å². The number of hydrogen-bond donors (Lipinski definition) is 1. The van der Waals surface area contributed by atoms with Gasteiger partial charge in [-0.25, -0.2) is 4.98 Å². The van der Waals surface area contributed by atoms with E-state index in [0.717, 1.165) is 34.6 Å². The molecule has 4 unspecified atom stereocenters. The Morgan fingerprint density at radius 1 is 0.771 bits per heavy atom. The molecule has 0 saturated heterocycles. The second-order valence-corrected chi connectivity index (χ2v) is 7.28. The van der Waals surface area contributed by atoms with Gasteiger partial charge >= 0.3 is 29.8 Å². The molecule has 1 heterocycles. The molecule has 1 amide bonds. The zero-order valence-electron chi connectivity index (χ0n) is 20.2. The lowest BCUT2D eigenvalue weighted by molar-refractivity contribution is -0.202. The molecule has 0 radical (unpaired) electrons. The zero-order chi connectivity index (χ0) is 26.7. The highest BCUT2D eigenvalue weighted by molar-refractivity contribution is 5.95. The molecule has 1 N–H and O–H groups in total. The molecule has 1 rings (SSSR count). The number of nitrogens with one attached hydrogen (secondary N) is 1. The predicted octanol–water partition coefficient (Wildman–Crippen LogP) is 0.618. The van der Waals surface area contributed by atoms with Gasteiger partial charge in [0.05, 0.1) is 0 Å². The molecule has 4 atom stereocenters. The first-order valence-electron chi connectivity index (χ1n) is 10.4. The van der Waals surface area contributed by atoms with E-state index in [0.29, 0.717) is 5.69 Å². The Kier molecular flexibility index (Phi) is 11.3. The summed E-state index contributed by atoms with van der Waals surface area (Å²) in [7, 11) is 0. The van der Waals surface area contributed by atoms with E-state index in [2.05, 4.69) is 10.3 Å². The molecule has 13 heteroatoms. The number of nitrogens with zero attached hydrogens (tertiary/aromatic N) is 1. The van der Waals surface area contributed by atoms with Crippen LogP contribution < -0.4 is 5.32 Å². The number of ether oxygens (including phenoxy) is 5. The number of aromatic nitrogens is 1. The van der Waals surface area contributed by atoms with Gasteiger partial charge in [0.2, 0.25) is 6.10 Å². The highest BCUT2D eigenvalue weighted by atomic mass is 16.6. The van der Waals surface area contributed by atoms with Crippen LogP contribution in [0.25, 0.3) is 0 Å². The highest BCUT2D eigenvalue weighted by Gasteiger charge is 2.47. The molecular weight excluding hydrogens is 468 g/mol. The summed E-state index contributed by atoms with van der Waals surface area (Å²) in [5.41, 5.74) is 0.567. The van der Waals surface area contributed by atoms with Gasteiger partial charge in [0, 0.05) is 40.3 Å². The van der Waals surface area contributed by atoms with Crippen LogP contribution in [0.2, 0.25) is 0 Å². The molecule has 0 aliphatic heterocycles. The van der Waals surface area contributed by atoms with Gasteiger partial charge in [0.25, 0.3) is 5.91 Å². The van der Waals surface area contributed by atoms with Crippen molar-refractivity contribution in [3.63, 3.8) is 0 Å². The summed E-state index contributed by atoms with van der Waals surface area (Å²) in [6, 6.07) is 4.75. The standard InChI is InChI=1S/C22H28N2O11/c1-11-8-7-9-18(23-11)24-22(30)21(35-16(6)29)20(34-15(5)28)19(33-14(4)27)17(32-13(3)26)10-31-12(2)25/h7-9,17,19-21H,10H2,1-6H3,(H,23,24,30). The smallest absolute Gasteiger partial charge is 0.303 e. The SMILES string of the molecule is CC(=O)OCC(OC(C)=O)C(OC(C)=O)C(OC(C)=O)C(OC(C)=O)C(=O)Nc1cccc(C)n1. The molecule has 0 aliphatic rings. The van der Waals surface area contributed by atoms with E-state index in [4.69, 9.17) is 23.7 Å². The monoisotopic (exact) mass is 496 g/mol. The van der Waals surface area contributed by atoms with E-state index in [1.165, 1.54) is 6.07 Å². The maximum absolute atomic E-state index is 13.1. The number of anilines is 1. The Morgan fingerprint density at radius 3 is 1.80 bits per heavy atom. The van der Waals surface area contributed by atoms with Crippen LogP contribution in [-0.2, 0) is 52.5 Å². The van der Waals surface area contributed by atoms with Gasteiger partial charge in [-0.05, 0) is 19.1 Å². The topological polar surface area (TPSA) is 173 Å². The Labute approximate surface area is 201 Å². The Balaban J connectivity index is 3.53. The van der Waals surface area contributed by atoms with Gasteiger partial charge in [0.15, 0.2) is 18.3 Å². The molecule has 0 aliphatic carbocycles. The van der Waals surface area contributed by atoms with Gasteiger partial charge in [-0.1, -0.05) is 6.07 Å². The van der Waals surface area contributed by atoms with Gasteiger partial charge < -0.3 is 29.0 Å². The molecule has 192 valence electrons. The van der Waals surface area contributed by atoms with E-state index in [1.807, 2.05) is 0 Å². The lowest BCUT2D eigenvalue weighted by atomic mass is 10.0. The largest absolute Gasteiger partial charge is 0.462 e. The second kappa shape index (κ2) is 13.6. The molecule has 0 bridgehead atoms. The molecule has 1 aromatic rings. The van der Waals surface area contributed by atoms with Crippen LogP contribution in [0.1, 0.15) is 40.3 Å². The molecule has 13 nitrogen and oxygen atoms in total. The van der Waals surface area contributed by atoms with Crippen molar-refractivity contribution < 1.29 is 52.5 Å². The Hall–Kier alpha value is -4.03. The van der Waals surface area contributed by atoms with Crippen molar-refractivity contribution in [1.29, 1.82) is 0 Å². The van der Waals surface area contributed by atoms with Crippen LogP contribution in [0.15, 0.2) is 18.2 Å². The first kappa shape index (κ1) is 29.0. The summed E-state index contributed by atoms with van der Waals surface area (Å²) in [5, 5.41) is 2.43. The second-order valence-electron chi connectivity index (χ2n) is 7.28. The van der Waals surface area contributed by atoms with Crippen LogP contribution in [0.5, 0.6) is 0 Å². The summed E-state index contributed by atoms with van der Waals surface area (Å²) in [4.78, 5) is 76.0.